The third kappa shape index (κ3) is 2.66. The number of piperidine rings is 1. The third-order valence-electron chi connectivity index (χ3n) is 3.27. The largest absolute Gasteiger partial charge is 0.481 e. The summed E-state index contributed by atoms with van der Waals surface area (Å²) in [5.41, 5.74) is 0. The van der Waals surface area contributed by atoms with Gasteiger partial charge in [-0.2, -0.15) is 4.31 Å². The number of sulfonamides is 1. The maximum absolute atomic E-state index is 13.6. The van der Waals surface area contributed by atoms with Crippen LogP contribution in [0.3, 0.4) is 0 Å². The third-order valence-corrected chi connectivity index (χ3v) is 5.15. The molecule has 110 valence electrons. The van der Waals surface area contributed by atoms with Crippen molar-refractivity contribution < 1.29 is 27.1 Å². The zero-order chi connectivity index (χ0) is 14.9. The summed E-state index contributed by atoms with van der Waals surface area (Å²) < 4.78 is 52.1. The minimum atomic E-state index is -4.23. The van der Waals surface area contributed by atoms with E-state index < -0.39 is 38.4 Å². The fourth-order valence-electron chi connectivity index (χ4n) is 2.18. The average molecular weight is 305 g/mol. The van der Waals surface area contributed by atoms with Gasteiger partial charge in [-0.25, -0.2) is 17.2 Å². The van der Waals surface area contributed by atoms with Gasteiger partial charge in [-0.1, -0.05) is 6.07 Å². The molecule has 1 saturated heterocycles. The first kappa shape index (κ1) is 14.9. The van der Waals surface area contributed by atoms with E-state index in [9.17, 15) is 22.0 Å². The molecule has 0 radical (unpaired) electrons. The van der Waals surface area contributed by atoms with Crippen molar-refractivity contribution in [2.45, 2.75) is 17.7 Å². The molecule has 1 aromatic rings. The standard InChI is InChI=1S/C12H13F2NO4S/c13-9-4-1-5-10(11(9)14)20(18,19)15-6-2-3-8(7-15)12(16)17/h1,4-5,8H,2-3,6-7H2,(H,16,17)/t8-/m1/s1. The smallest absolute Gasteiger partial charge is 0.307 e. The van der Waals surface area contributed by atoms with Crippen molar-refractivity contribution in [1.82, 2.24) is 4.31 Å². The zero-order valence-corrected chi connectivity index (χ0v) is 11.2. The molecule has 5 nitrogen and oxygen atoms in total. The molecule has 0 amide bonds. The summed E-state index contributed by atoms with van der Waals surface area (Å²) in [6.07, 6.45) is 0.736. The number of carbonyl (C=O) groups is 1. The molecule has 20 heavy (non-hydrogen) atoms. The number of benzene rings is 1. The van der Waals surface area contributed by atoms with E-state index in [1.54, 1.807) is 0 Å². The summed E-state index contributed by atoms with van der Waals surface area (Å²) in [7, 11) is -4.23. The van der Waals surface area contributed by atoms with E-state index in [-0.39, 0.29) is 13.1 Å². The van der Waals surface area contributed by atoms with Crippen LogP contribution in [0.1, 0.15) is 12.8 Å². The molecule has 1 atom stereocenters. The van der Waals surface area contributed by atoms with E-state index in [0.29, 0.717) is 12.8 Å². The van der Waals surface area contributed by atoms with Gasteiger partial charge in [0.2, 0.25) is 10.0 Å². The first-order valence-electron chi connectivity index (χ1n) is 6.01. The zero-order valence-electron chi connectivity index (χ0n) is 10.4. The molecule has 0 unspecified atom stereocenters. The Morgan fingerprint density at radius 3 is 2.70 bits per heavy atom. The van der Waals surface area contributed by atoms with Gasteiger partial charge in [-0.15, -0.1) is 0 Å². The van der Waals surface area contributed by atoms with Crippen LogP contribution < -0.4 is 0 Å². The van der Waals surface area contributed by atoms with Crippen molar-refractivity contribution in [2.24, 2.45) is 5.92 Å². The highest BCUT2D eigenvalue weighted by Crippen LogP contribution is 2.26. The lowest BCUT2D eigenvalue weighted by Crippen LogP contribution is -2.42. The molecule has 1 fully saturated rings. The molecule has 1 N–H and O–H groups in total. The number of nitrogens with zero attached hydrogens (tertiary/aromatic N) is 1. The Bertz CT molecular complexity index is 632. The van der Waals surface area contributed by atoms with Crippen LogP contribution in [0.15, 0.2) is 23.1 Å². The van der Waals surface area contributed by atoms with Crippen molar-refractivity contribution in [1.29, 1.82) is 0 Å². The highest BCUT2D eigenvalue weighted by atomic mass is 32.2. The van der Waals surface area contributed by atoms with Gasteiger partial charge < -0.3 is 5.11 Å². The summed E-state index contributed by atoms with van der Waals surface area (Å²) in [5.74, 6) is -4.61. The highest BCUT2D eigenvalue weighted by molar-refractivity contribution is 7.89. The minimum Gasteiger partial charge on any atom is -0.481 e. The predicted octanol–water partition coefficient (Wildman–Crippen LogP) is 1.45. The molecule has 1 aromatic carbocycles. The van der Waals surface area contributed by atoms with Gasteiger partial charge in [0.05, 0.1) is 5.92 Å². The quantitative estimate of drug-likeness (QED) is 0.917. The summed E-state index contributed by atoms with van der Waals surface area (Å²) >= 11 is 0. The number of halogens is 2. The molecular weight excluding hydrogens is 292 g/mol. The van der Waals surface area contributed by atoms with Gasteiger partial charge in [-0.05, 0) is 25.0 Å². The van der Waals surface area contributed by atoms with Crippen molar-refractivity contribution in [3.63, 3.8) is 0 Å². The molecule has 1 heterocycles. The minimum absolute atomic E-state index is 0.0993. The predicted molar refractivity (Wildman–Crippen MR) is 65.5 cm³/mol. The first-order valence-corrected chi connectivity index (χ1v) is 7.45. The Morgan fingerprint density at radius 2 is 2.05 bits per heavy atom. The second-order valence-electron chi connectivity index (χ2n) is 4.59. The van der Waals surface area contributed by atoms with Gasteiger partial charge >= 0.3 is 5.97 Å². The van der Waals surface area contributed by atoms with Crippen LogP contribution in [0.2, 0.25) is 0 Å². The fourth-order valence-corrected chi connectivity index (χ4v) is 3.78. The lowest BCUT2D eigenvalue weighted by molar-refractivity contribution is -0.142. The number of hydrogen-bond donors (Lipinski definition) is 1. The topological polar surface area (TPSA) is 74.7 Å². The Balaban J connectivity index is 2.35. The molecule has 2 rings (SSSR count). The van der Waals surface area contributed by atoms with Crippen LogP contribution in [0.5, 0.6) is 0 Å². The maximum atomic E-state index is 13.6. The van der Waals surface area contributed by atoms with Crippen LogP contribution >= 0.6 is 0 Å². The maximum Gasteiger partial charge on any atom is 0.307 e. The van der Waals surface area contributed by atoms with Crippen LogP contribution in [0.4, 0.5) is 8.78 Å². The molecule has 1 aliphatic heterocycles. The molecular formula is C12H13F2NO4S. The number of hydrogen-bond acceptors (Lipinski definition) is 3. The van der Waals surface area contributed by atoms with E-state index >= 15 is 0 Å². The van der Waals surface area contributed by atoms with Crippen molar-refractivity contribution in [3.8, 4) is 0 Å². The van der Waals surface area contributed by atoms with E-state index in [1.807, 2.05) is 0 Å². The van der Waals surface area contributed by atoms with Crippen LogP contribution in [-0.4, -0.2) is 36.9 Å². The van der Waals surface area contributed by atoms with Crippen LogP contribution in [0.25, 0.3) is 0 Å². The molecule has 0 aromatic heterocycles. The average Bonchev–Trinajstić information content (AvgIpc) is 2.41. The van der Waals surface area contributed by atoms with Gasteiger partial charge in [0.1, 0.15) is 4.90 Å². The normalized spacial score (nSPS) is 20.8. The lowest BCUT2D eigenvalue weighted by atomic mass is 10.0. The first-order chi connectivity index (χ1) is 9.34. The molecule has 0 spiro atoms. The molecule has 0 aliphatic carbocycles. The molecule has 0 bridgehead atoms. The Morgan fingerprint density at radius 1 is 1.35 bits per heavy atom. The number of carboxylic acids is 1. The van der Waals surface area contributed by atoms with Crippen LogP contribution in [-0.2, 0) is 14.8 Å². The number of rotatable bonds is 3. The Labute approximate surface area is 114 Å². The molecule has 0 saturated carbocycles. The lowest BCUT2D eigenvalue weighted by Gasteiger charge is -2.29. The van der Waals surface area contributed by atoms with E-state index in [0.717, 1.165) is 22.5 Å². The van der Waals surface area contributed by atoms with Gasteiger partial charge in [-0.3, -0.25) is 4.79 Å². The second-order valence-corrected chi connectivity index (χ2v) is 6.50. The molecule has 1 aliphatic rings. The van der Waals surface area contributed by atoms with E-state index in [1.165, 1.54) is 0 Å². The van der Waals surface area contributed by atoms with Gasteiger partial charge in [0.25, 0.3) is 0 Å². The summed E-state index contributed by atoms with van der Waals surface area (Å²) in [6.45, 7) is -0.129. The Hall–Kier alpha value is -1.54. The van der Waals surface area contributed by atoms with Gasteiger partial charge in [0.15, 0.2) is 11.6 Å². The van der Waals surface area contributed by atoms with E-state index in [2.05, 4.69) is 0 Å². The summed E-state index contributed by atoms with van der Waals surface area (Å²) in [4.78, 5) is 10.2. The second kappa shape index (κ2) is 5.45. The monoisotopic (exact) mass is 305 g/mol. The van der Waals surface area contributed by atoms with E-state index in [4.69, 9.17) is 5.11 Å². The SMILES string of the molecule is O=C(O)[C@@H]1CCCN(S(=O)(=O)c2cccc(F)c2F)C1. The summed E-state index contributed by atoms with van der Waals surface area (Å²) in [5, 5.41) is 8.94. The van der Waals surface area contributed by atoms with Crippen molar-refractivity contribution >= 4 is 16.0 Å². The van der Waals surface area contributed by atoms with Crippen molar-refractivity contribution in [3.05, 3.63) is 29.8 Å². The number of aliphatic carboxylic acids is 1. The van der Waals surface area contributed by atoms with Crippen molar-refractivity contribution in [2.75, 3.05) is 13.1 Å². The highest BCUT2D eigenvalue weighted by Gasteiger charge is 2.35. The molecule has 8 heteroatoms. The van der Waals surface area contributed by atoms with Crippen LogP contribution in [0, 0.1) is 17.6 Å². The fraction of sp³-hybridized carbons (Fsp3) is 0.417. The Kier molecular flexibility index (Phi) is 4.05. The summed E-state index contributed by atoms with van der Waals surface area (Å²) in [6, 6.07) is 2.90. The number of carboxylic acid groups (broad SMARTS) is 1. The van der Waals surface area contributed by atoms with Gasteiger partial charge in [0, 0.05) is 13.1 Å².